The zero-order valence-electron chi connectivity index (χ0n) is 16.5. The maximum Gasteiger partial charge on any atom is 0.226 e. The number of nitrogens with one attached hydrogen (secondary N) is 1. The zero-order valence-corrected chi connectivity index (χ0v) is 16.5. The Hall–Kier alpha value is -3.21. The van der Waals surface area contributed by atoms with Gasteiger partial charge in [0.05, 0.1) is 17.3 Å². The van der Waals surface area contributed by atoms with Crippen LogP contribution in [0.3, 0.4) is 0 Å². The monoisotopic (exact) mass is 373 g/mol. The molecule has 0 spiro atoms. The first-order chi connectivity index (χ1) is 13.3. The molecule has 142 valence electrons. The lowest BCUT2D eigenvalue weighted by molar-refractivity contribution is -0.116. The molecular formula is C23H23N3O2. The summed E-state index contributed by atoms with van der Waals surface area (Å²) in [6.07, 6.45) is 0.138. The second-order valence-electron chi connectivity index (χ2n) is 7.64. The van der Waals surface area contributed by atoms with Gasteiger partial charge in [0.2, 0.25) is 5.91 Å². The largest absolute Gasteiger partial charge is 0.310 e. The lowest BCUT2D eigenvalue weighted by atomic mass is 9.85. The predicted octanol–water partition coefficient (Wildman–Crippen LogP) is 4.41. The van der Waals surface area contributed by atoms with E-state index < -0.39 is 5.92 Å². The number of nitrogens with zero attached hydrogens (tertiary/aromatic N) is 2. The molecule has 1 aromatic heterocycles. The number of hydrogen-bond acceptors (Lipinski definition) is 3. The molecule has 0 saturated heterocycles. The summed E-state index contributed by atoms with van der Waals surface area (Å²) in [6.45, 7) is 7.94. The minimum atomic E-state index is -0.522. The number of hydrogen-bond donors (Lipinski definition) is 1. The molecule has 0 saturated carbocycles. The lowest BCUT2D eigenvalue weighted by Crippen LogP contribution is -2.28. The van der Waals surface area contributed by atoms with Crippen LogP contribution < -0.4 is 5.32 Å². The first kappa shape index (κ1) is 18.2. The number of anilines is 1. The topological polar surface area (TPSA) is 64.0 Å². The highest BCUT2D eigenvalue weighted by atomic mass is 16.2. The first-order valence-electron chi connectivity index (χ1n) is 9.42. The number of carbonyl (C=O) groups excluding carboxylic acids is 2. The molecule has 2 aromatic carbocycles. The summed E-state index contributed by atoms with van der Waals surface area (Å²) in [5.74, 6) is -0.127. The van der Waals surface area contributed by atoms with Crippen LogP contribution in [-0.4, -0.2) is 21.5 Å². The quantitative estimate of drug-likeness (QED) is 0.692. The van der Waals surface area contributed by atoms with Gasteiger partial charge in [-0.15, -0.1) is 0 Å². The van der Waals surface area contributed by atoms with Gasteiger partial charge in [-0.1, -0.05) is 35.9 Å². The molecule has 28 heavy (non-hydrogen) atoms. The van der Waals surface area contributed by atoms with Crippen molar-refractivity contribution in [2.24, 2.45) is 0 Å². The Morgan fingerprint density at radius 2 is 1.64 bits per heavy atom. The highest BCUT2D eigenvalue weighted by Crippen LogP contribution is 2.38. The fourth-order valence-corrected chi connectivity index (χ4v) is 3.95. The Morgan fingerprint density at radius 1 is 1.00 bits per heavy atom. The van der Waals surface area contributed by atoms with Crippen LogP contribution in [-0.2, 0) is 4.79 Å². The Kier molecular flexibility index (Phi) is 4.38. The van der Waals surface area contributed by atoms with E-state index in [0.29, 0.717) is 11.4 Å². The zero-order chi connectivity index (χ0) is 20.0. The molecular weight excluding hydrogens is 350 g/mol. The molecule has 5 heteroatoms. The van der Waals surface area contributed by atoms with Crippen molar-refractivity contribution in [3.8, 4) is 5.69 Å². The van der Waals surface area contributed by atoms with Crippen molar-refractivity contribution in [1.82, 2.24) is 9.78 Å². The van der Waals surface area contributed by atoms with Gasteiger partial charge in [0.25, 0.3) is 0 Å². The van der Waals surface area contributed by atoms with Crippen LogP contribution >= 0.6 is 0 Å². The van der Waals surface area contributed by atoms with Crippen LogP contribution in [0.5, 0.6) is 0 Å². The maximum absolute atomic E-state index is 13.2. The highest BCUT2D eigenvalue weighted by molar-refractivity contribution is 6.08. The molecule has 1 unspecified atom stereocenters. The molecule has 0 fully saturated rings. The summed E-state index contributed by atoms with van der Waals surface area (Å²) >= 11 is 0. The van der Waals surface area contributed by atoms with Crippen molar-refractivity contribution in [2.45, 2.75) is 40.0 Å². The van der Waals surface area contributed by atoms with Crippen molar-refractivity contribution in [1.29, 1.82) is 0 Å². The van der Waals surface area contributed by atoms with E-state index in [9.17, 15) is 9.59 Å². The summed E-state index contributed by atoms with van der Waals surface area (Å²) in [5, 5.41) is 7.61. The van der Waals surface area contributed by atoms with Crippen LogP contribution in [0.2, 0.25) is 0 Å². The molecule has 1 aliphatic heterocycles. The molecule has 1 atom stereocenters. The average Bonchev–Trinajstić information content (AvgIpc) is 2.97. The first-order valence-corrected chi connectivity index (χ1v) is 9.42. The van der Waals surface area contributed by atoms with Crippen LogP contribution in [0.4, 0.5) is 5.82 Å². The number of fused-ring (bicyclic) bond motifs is 1. The van der Waals surface area contributed by atoms with Gasteiger partial charge in [-0.3, -0.25) is 9.59 Å². The van der Waals surface area contributed by atoms with E-state index in [0.717, 1.165) is 33.6 Å². The van der Waals surface area contributed by atoms with Gasteiger partial charge in [0.15, 0.2) is 5.78 Å². The van der Waals surface area contributed by atoms with Crippen LogP contribution in [0, 0.1) is 27.7 Å². The number of ketones is 1. The Labute approximate surface area is 164 Å². The molecule has 2 heterocycles. The number of rotatable bonds is 3. The van der Waals surface area contributed by atoms with E-state index in [2.05, 4.69) is 16.5 Å². The summed E-state index contributed by atoms with van der Waals surface area (Å²) < 4.78 is 1.75. The van der Waals surface area contributed by atoms with Gasteiger partial charge in [-0.2, -0.15) is 5.10 Å². The van der Waals surface area contributed by atoms with E-state index >= 15 is 0 Å². The second-order valence-corrected chi connectivity index (χ2v) is 7.64. The highest BCUT2D eigenvalue weighted by Gasteiger charge is 2.36. The fourth-order valence-electron chi connectivity index (χ4n) is 3.95. The maximum atomic E-state index is 13.2. The van der Waals surface area contributed by atoms with Gasteiger partial charge >= 0.3 is 0 Å². The van der Waals surface area contributed by atoms with E-state index in [1.807, 2.05) is 64.1 Å². The van der Waals surface area contributed by atoms with Crippen LogP contribution in [0.25, 0.3) is 5.69 Å². The van der Waals surface area contributed by atoms with Crippen molar-refractivity contribution >= 4 is 17.5 Å². The van der Waals surface area contributed by atoms with E-state index in [1.54, 1.807) is 4.68 Å². The number of Topliss-reactive ketones (excluding diaryl/α,β-unsaturated/α-hetero) is 1. The van der Waals surface area contributed by atoms with Crippen molar-refractivity contribution in [3.63, 3.8) is 0 Å². The Bertz CT molecular complexity index is 1070. The predicted molar refractivity (Wildman–Crippen MR) is 109 cm³/mol. The molecule has 0 bridgehead atoms. The third kappa shape index (κ3) is 3.13. The van der Waals surface area contributed by atoms with Gasteiger partial charge in [-0.05, 0) is 51.0 Å². The molecule has 1 N–H and O–H groups in total. The number of carbonyl (C=O) groups is 2. The molecule has 1 aliphatic rings. The Balaban J connectivity index is 1.83. The number of aromatic nitrogens is 2. The smallest absolute Gasteiger partial charge is 0.226 e. The minimum absolute atomic E-state index is 0.0424. The summed E-state index contributed by atoms with van der Waals surface area (Å²) in [7, 11) is 0. The fraction of sp³-hybridized carbons (Fsp3) is 0.261. The molecule has 3 aromatic rings. The lowest BCUT2D eigenvalue weighted by Gasteiger charge is -2.23. The average molecular weight is 373 g/mol. The molecule has 4 rings (SSSR count). The molecule has 0 aliphatic carbocycles. The number of amides is 1. The van der Waals surface area contributed by atoms with Crippen LogP contribution in [0.15, 0.2) is 42.5 Å². The van der Waals surface area contributed by atoms with E-state index in [1.165, 1.54) is 0 Å². The van der Waals surface area contributed by atoms with Crippen molar-refractivity contribution < 1.29 is 9.59 Å². The molecule has 1 amide bonds. The van der Waals surface area contributed by atoms with E-state index in [4.69, 9.17) is 0 Å². The normalized spacial score (nSPS) is 15.9. The van der Waals surface area contributed by atoms with Gasteiger partial charge in [0, 0.05) is 17.5 Å². The molecule has 0 radical (unpaired) electrons. The summed E-state index contributed by atoms with van der Waals surface area (Å²) in [4.78, 5) is 25.7. The standard InChI is InChI=1S/C23H23N3O2/c1-13-5-7-17(8-6-13)22(28)19-12-20(27)24-23-21(19)16(4)25-26(23)18-10-14(2)9-15(3)11-18/h5-11,19H,12H2,1-4H3,(H,24,27). The summed E-state index contributed by atoms with van der Waals surface area (Å²) in [6, 6.07) is 13.6. The van der Waals surface area contributed by atoms with E-state index in [-0.39, 0.29) is 18.1 Å². The third-order valence-corrected chi connectivity index (χ3v) is 5.21. The van der Waals surface area contributed by atoms with Gasteiger partial charge < -0.3 is 5.32 Å². The Morgan fingerprint density at radius 3 is 2.29 bits per heavy atom. The molecule has 5 nitrogen and oxygen atoms in total. The van der Waals surface area contributed by atoms with Crippen LogP contribution in [0.1, 0.15) is 50.6 Å². The minimum Gasteiger partial charge on any atom is -0.310 e. The van der Waals surface area contributed by atoms with Gasteiger partial charge in [-0.25, -0.2) is 4.68 Å². The number of benzene rings is 2. The SMILES string of the molecule is Cc1ccc(C(=O)C2CC(=O)Nc3c2c(C)nn3-c2cc(C)cc(C)c2)cc1. The third-order valence-electron chi connectivity index (χ3n) is 5.21. The second kappa shape index (κ2) is 6.75. The summed E-state index contributed by atoms with van der Waals surface area (Å²) in [5.41, 5.74) is 6.40. The number of aryl methyl sites for hydroxylation is 4. The van der Waals surface area contributed by atoms with Crippen molar-refractivity contribution in [3.05, 3.63) is 76.0 Å². The van der Waals surface area contributed by atoms with Gasteiger partial charge in [0.1, 0.15) is 5.82 Å². The van der Waals surface area contributed by atoms with Crippen molar-refractivity contribution in [2.75, 3.05) is 5.32 Å².